The summed E-state index contributed by atoms with van der Waals surface area (Å²) >= 11 is 0. The standard InChI is InChI=1S/C17H25N5O2.2ClH/c1-21-8-4-16(23)20-14-12-13(2-3-15(14)21)17(24)19-7-11-22-9-5-18-6-10-22;;/h2-3,12,18H,4-11H2,1H3,(H,19,24)(H,20,23);2*1H. The van der Waals surface area contributed by atoms with E-state index in [-0.39, 0.29) is 36.6 Å². The lowest BCUT2D eigenvalue weighted by atomic mass is 10.1. The largest absolute Gasteiger partial charge is 0.372 e. The average molecular weight is 404 g/mol. The fraction of sp³-hybridized carbons (Fsp3) is 0.529. The van der Waals surface area contributed by atoms with Gasteiger partial charge in [0.1, 0.15) is 0 Å². The fourth-order valence-corrected chi connectivity index (χ4v) is 3.08. The van der Waals surface area contributed by atoms with Gasteiger partial charge in [0.25, 0.3) is 5.91 Å². The van der Waals surface area contributed by atoms with Gasteiger partial charge in [-0.2, -0.15) is 0 Å². The molecule has 1 saturated heterocycles. The van der Waals surface area contributed by atoms with Gasteiger partial charge in [-0.1, -0.05) is 0 Å². The molecule has 0 aromatic heterocycles. The van der Waals surface area contributed by atoms with Crippen molar-refractivity contribution < 1.29 is 9.59 Å². The van der Waals surface area contributed by atoms with Gasteiger partial charge < -0.3 is 20.9 Å². The molecular formula is C17H27Cl2N5O2. The second-order valence-electron chi connectivity index (χ2n) is 6.30. The van der Waals surface area contributed by atoms with E-state index in [9.17, 15) is 9.59 Å². The second kappa shape index (κ2) is 10.6. The Morgan fingerprint density at radius 2 is 1.92 bits per heavy atom. The molecule has 3 N–H and O–H groups in total. The third-order valence-corrected chi connectivity index (χ3v) is 4.54. The zero-order valence-electron chi connectivity index (χ0n) is 14.9. The molecule has 0 unspecified atom stereocenters. The van der Waals surface area contributed by atoms with Crippen LogP contribution >= 0.6 is 24.8 Å². The summed E-state index contributed by atoms with van der Waals surface area (Å²) in [6, 6.07) is 5.47. The molecule has 1 fully saturated rings. The number of nitrogens with one attached hydrogen (secondary N) is 3. The van der Waals surface area contributed by atoms with Crippen molar-refractivity contribution in [3.63, 3.8) is 0 Å². The van der Waals surface area contributed by atoms with Crippen molar-refractivity contribution in [1.82, 2.24) is 15.5 Å². The van der Waals surface area contributed by atoms with Crippen molar-refractivity contribution in [1.29, 1.82) is 0 Å². The van der Waals surface area contributed by atoms with E-state index in [1.165, 1.54) is 0 Å². The molecule has 2 aliphatic rings. The molecule has 2 heterocycles. The number of nitrogens with zero attached hydrogens (tertiary/aromatic N) is 2. The van der Waals surface area contributed by atoms with Gasteiger partial charge in [-0.25, -0.2) is 0 Å². The van der Waals surface area contributed by atoms with E-state index in [1.807, 2.05) is 24.1 Å². The molecule has 0 radical (unpaired) electrons. The van der Waals surface area contributed by atoms with Crippen LogP contribution in [0.15, 0.2) is 18.2 Å². The van der Waals surface area contributed by atoms with Crippen LogP contribution in [0.25, 0.3) is 0 Å². The van der Waals surface area contributed by atoms with Crippen LogP contribution in [0.5, 0.6) is 0 Å². The number of carbonyl (C=O) groups is 2. The Labute approximate surface area is 166 Å². The van der Waals surface area contributed by atoms with Crippen molar-refractivity contribution in [2.45, 2.75) is 6.42 Å². The lowest BCUT2D eigenvalue weighted by Gasteiger charge is -2.27. The van der Waals surface area contributed by atoms with Gasteiger partial charge in [-0.05, 0) is 18.2 Å². The van der Waals surface area contributed by atoms with E-state index < -0.39 is 0 Å². The highest BCUT2D eigenvalue weighted by Crippen LogP contribution is 2.28. The van der Waals surface area contributed by atoms with E-state index >= 15 is 0 Å². The van der Waals surface area contributed by atoms with Gasteiger partial charge in [-0.3, -0.25) is 14.5 Å². The lowest BCUT2D eigenvalue weighted by Crippen LogP contribution is -2.46. The summed E-state index contributed by atoms with van der Waals surface area (Å²) in [7, 11) is 1.95. The number of piperazine rings is 1. The average Bonchev–Trinajstić information content (AvgIpc) is 2.74. The number of amides is 2. The first kappa shape index (κ1) is 22.5. The van der Waals surface area contributed by atoms with Crippen LogP contribution in [0, 0.1) is 0 Å². The van der Waals surface area contributed by atoms with Gasteiger partial charge in [0.05, 0.1) is 11.4 Å². The topological polar surface area (TPSA) is 76.7 Å². The number of fused-ring (bicyclic) bond motifs is 1. The summed E-state index contributed by atoms with van der Waals surface area (Å²) < 4.78 is 0. The third-order valence-electron chi connectivity index (χ3n) is 4.54. The maximum absolute atomic E-state index is 12.4. The number of hydrogen-bond acceptors (Lipinski definition) is 5. The zero-order chi connectivity index (χ0) is 16.9. The molecule has 0 saturated carbocycles. The minimum absolute atomic E-state index is 0. The highest BCUT2D eigenvalue weighted by Gasteiger charge is 2.18. The Morgan fingerprint density at radius 3 is 2.65 bits per heavy atom. The highest BCUT2D eigenvalue weighted by atomic mass is 35.5. The molecule has 2 aliphatic heterocycles. The Kier molecular flexibility index (Phi) is 9.15. The fourth-order valence-electron chi connectivity index (χ4n) is 3.08. The third kappa shape index (κ3) is 5.74. The molecule has 26 heavy (non-hydrogen) atoms. The van der Waals surface area contributed by atoms with E-state index in [0.717, 1.165) is 38.4 Å². The molecule has 2 amide bonds. The number of halogens is 2. The first-order valence-corrected chi connectivity index (χ1v) is 8.50. The highest BCUT2D eigenvalue weighted by molar-refractivity contribution is 6.00. The van der Waals surface area contributed by atoms with Gasteiger partial charge in [-0.15, -0.1) is 24.8 Å². The summed E-state index contributed by atoms with van der Waals surface area (Å²) in [6.07, 6.45) is 0.456. The van der Waals surface area contributed by atoms with E-state index in [2.05, 4.69) is 20.9 Å². The maximum atomic E-state index is 12.4. The zero-order valence-corrected chi connectivity index (χ0v) is 16.5. The van der Waals surface area contributed by atoms with Crippen molar-refractivity contribution in [2.75, 3.05) is 63.1 Å². The summed E-state index contributed by atoms with van der Waals surface area (Å²) in [5.41, 5.74) is 2.22. The first-order chi connectivity index (χ1) is 11.6. The molecule has 0 aliphatic carbocycles. The van der Waals surface area contributed by atoms with E-state index in [0.29, 0.717) is 30.8 Å². The number of hydrogen-bond donors (Lipinski definition) is 3. The van der Waals surface area contributed by atoms with E-state index in [4.69, 9.17) is 0 Å². The van der Waals surface area contributed by atoms with Gasteiger partial charge in [0.2, 0.25) is 5.91 Å². The molecule has 1 aromatic carbocycles. The number of anilines is 2. The molecule has 0 bridgehead atoms. The molecule has 1 aromatic rings. The van der Waals surface area contributed by atoms with E-state index in [1.54, 1.807) is 6.07 Å². The summed E-state index contributed by atoms with van der Waals surface area (Å²) in [5.74, 6) is -0.119. The van der Waals surface area contributed by atoms with Crippen LogP contribution in [0.4, 0.5) is 11.4 Å². The Hall–Kier alpha value is -1.54. The Morgan fingerprint density at radius 1 is 1.19 bits per heavy atom. The number of carbonyl (C=O) groups excluding carboxylic acids is 2. The normalized spacial score (nSPS) is 17.1. The smallest absolute Gasteiger partial charge is 0.251 e. The van der Waals surface area contributed by atoms with Crippen LogP contribution in [0.1, 0.15) is 16.8 Å². The molecule has 9 heteroatoms. The molecule has 3 rings (SSSR count). The predicted molar refractivity (Wildman–Crippen MR) is 109 cm³/mol. The van der Waals surface area contributed by atoms with Crippen LogP contribution in [-0.4, -0.2) is 69.6 Å². The first-order valence-electron chi connectivity index (χ1n) is 8.50. The SMILES string of the molecule is CN1CCC(=O)Nc2cc(C(=O)NCCN3CCNCC3)ccc21.Cl.Cl. The van der Waals surface area contributed by atoms with Crippen LogP contribution in [-0.2, 0) is 4.79 Å². The summed E-state index contributed by atoms with van der Waals surface area (Å²) in [4.78, 5) is 28.5. The van der Waals surface area contributed by atoms with Crippen LogP contribution in [0.2, 0.25) is 0 Å². The van der Waals surface area contributed by atoms with Gasteiger partial charge in [0.15, 0.2) is 0 Å². The quantitative estimate of drug-likeness (QED) is 0.697. The minimum atomic E-state index is -0.103. The van der Waals surface area contributed by atoms with Crippen molar-refractivity contribution >= 4 is 48.0 Å². The van der Waals surface area contributed by atoms with Crippen LogP contribution in [0.3, 0.4) is 0 Å². The minimum Gasteiger partial charge on any atom is -0.372 e. The van der Waals surface area contributed by atoms with Gasteiger partial charge >= 0.3 is 0 Å². The molecule has 0 atom stereocenters. The van der Waals surface area contributed by atoms with Crippen molar-refractivity contribution in [3.8, 4) is 0 Å². The Balaban J connectivity index is 0.00000169. The number of rotatable bonds is 4. The summed E-state index contributed by atoms with van der Waals surface area (Å²) in [6.45, 7) is 6.22. The van der Waals surface area contributed by atoms with Crippen LogP contribution < -0.4 is 20.9 Å². The number of benzene rings is 1. The molecule has 146 valence electrons. The summed E-state index contributed by atoms with van der Waals surface area (Å²) in [5, 5.41) is 9.16. The predicted octanol–water partition coefficient (Wildman–Crippen LogP) is 0.944. The van der Waals surface area contributed by atoms with Gasteiger partial charge in [0, 0.05) is 64.8 Å². The lowest BCUT2D eigenvalue weighted by molar-refractivity contribution is -0.115. The molecule has 0 spiro atoms. The molecular weight excluding hydrogens is 377 g/mol. The van der Waals surface area contributed by atoms with Crippen molar-refractivity contribution in [3.05, 3.63) is 23.8 Å². The molecule has 7 nitrogen and oxygen atoms in total. The maximum Gasteiger partial charge on any atom is 0.251 e. The second-order valence-corrected chi connectivity index (χ2v) is 6.30. The Bertz CT molecular complexity index is 623. The van der Waals surface area contributed by atoms with Crippen molar-refractivity contribution in [2.24, 2.45) is 0 Å². The monoisotopic (exact) mass is 403 g/mol.